The Morgan fingerprint density at radius 1 is 1.12 bits per heavy atom. The third kappa shape index (κ3) is 4.18. The van der Waals surface area contributed by atoms with Crippen molar-refractivity contribution in [3.8, 4) is 0 Å². The van der Waals surface area contributed by atoms with Crippen LogP contribution in [-0.4, -0.2) is 58.1 Å². The Balaban J connectivity index is 1.47. The molecule has 0 unspecified atom stereocenters. The molecule has 0 radical (unpaired) electrons. The Morgan fingerprint density at radius 2 is 1.88 bits per heavy atom. The van der Waals surface area contributed by atoms with Crippen molar-refractivity contribution in [3.63, 3.8) is 0 Å². The number of nitrogens with one attached hydrogen (secondary N) is 1. The van der Waals surface area contributed by atoms with Gasteiger partial charge in [-0.1, -0.05) is 0 Å². The van der Waals surface area contributed by atoms with Gasteiger partial charge in [0.25, 0.3) is 0 Å². The van der Waals surface area contributed by atoms with Crippen LogP contribution in [0.15, 0.2) is 43.1 Å². The maximum absolute atomic E-state index is 12.4. The number of rotatable bonds is 4. The van der Waals surface area contributed by atoms with Gasteiger partial charge in [0.05, 0.1) is 5.69 Å². The minimum absolute atomic E-state index is 0.0132. The van der Waals surface area contributed by atoms with Crippen molar-refractivity contribution in [3.05, 3.63) is 48.8 Å². The van der Waals surface area contributed by atoms with Crippen LogP contribution >= 0.6 is 0 Å². The monoisotopic (exact) mass is 326 g/mol. The summed E-state index contributed by atoms with van der Waals surface area (Å²) in [4.78, 5) is 28.9. The number of hydrogen-bond donors (Lipinski definition) is 1. The maximum Gasteiger partial charge on any atom is 0.317 e. The van der Waals surface area contributed by atoms with Crippen LogP contribution in [0, 0.1) is 0 Å². The smallest absolute Gasteiger partial charge is 0.317 e. The molecule has 7 heteroatoms. The lowest BCUT2D eigenvalue weighted by atomic mass is 10.2. The molecule has 2 aromatic heterocycles. The lowest BCUT2D eigenvalue weighted by Crippen LogP contribution is -2.53. The van der Waals surface area contributed by atoms with E-state index in [9.17, 15) is 4.79 Å². The van der Waals surface area contributed by atoms with Crippen LogP contribution in [0.4, 0.5) is 10.5 Å². The quantitative estimate of drug-likeness (QED) is 0.917. The normalized spacial score (nSPS) is 15.9. The minimum atomic E-state index is -0.0132. The van der Waals surface area contributed by atoms with E-state index in [1.54, 1.807) is 31.0 Å². The predicted molar refractivity (Wildman–Crippen MR) is 91.8 cm³/mol. The Labute approximate surface area is 141 Å². The van der Waals surface area contributed by atoms with E-state index in [-0.39, 0.29) is 12.1 Å². The molecule has 1 N–H and O–H groups in total. The van der Waals surface area contributed by atoms with Crippen LogP contribution in [0.5, 0.6) is 0 Å². The molecule has 1 saturated heterocycles. The molecule has 126 valence electrons. The van der Waals surface area contributed by atoms with E-state index in [0.29, 0.717) is 19.5 Å². The zero-order valence-electron chi connectivity index (χ0n) is 13.8. The van der Waals surface area contributed by atoms with Crippen molar-refractivity contribution in [2.24, 2.45) is 0 Å². The number of aromatic nitrogens is 3. The Kier molecular flexibility index (Phi) is 5.20. The van der Waals surface area contributed by atoms with E-state index >= 15 is 0 Å². The highest BCUT2D eigenvalue weighted by atomic mass is 16.2. The zero-order valence-corrected chi connectivity index (χ0v) is 13.8. The highest BCUT2D eigenvalue weighted by Gasteiger charge is 2.22. The molecule has 0 saturated carbocycles. The summed E-state index contributed by atoms with van der Waals surface area (Å²) < 4.78 is 0. The van der Waals surface area contributed by atoms with Gasteiger partial charge in [-0.05, 0) is 19.1 Å². The Bertz CT molecular complexity index is 643. The molecular weight excluding hydrogens is 304 g/mol. The summed E-state index contributed by atoms with van der Waals surface area (Å²) in [5.74, 6) is 0. The first-order valence-corrected chi connectivity index (χ1v) is 8.17. The number of anilines is 1. The first kappa shape index (κ1) is 16.2. The van der Waals surface area contributed by atoms with Crippen molar-refractivity contribution in [2.75, 3.05) is 31.1 Å². The molecule has 1 atom stereocenters. The summed E-state index contributed by atoms with van der Waals surface area (Å²) in [7, 11) is 0. The van der Waals surface area contributed by atoms with Crippen molar-refractivity contribution >= 4 is 11.7 Å². The molecule has 2 aromatic rings. The molecule has 1 aliphatic rings. The van der Waals surface area contributed by atoms with E-state index in [0.717, 1.165) is 24.5 Å². The first-order chi connectivity index (χ1) is 11.7. The van der Waals surface area contributed by atoms with E-state index < -0.39 is 0 Å². The van der Waals surface area contributed by atoms with Gasteiger partial charge in [0.15, 0.2) is 0 Å². The predicted octanol–water partition coefficient (Wildman–Crippen LogP) is 1.33. The number of nitrogens with zero attached hydrogens (tertiary/aromatic N) is 5. The third-order valence-corrected chi connectivity index (χ3v) is 4.10. The van der Waals surface area contributed by atoms with Crippen molar-refractivity contribution in [1.29, 1.82) is 0 Å². The second-order valence-electron chi connectivity index (χ2n) is 5.93. The zero-order chi connectivity index (χ0) is 16.8. The molecule has 3 heterocycles. The largest absolute Gasteiger partial charge is 0.368 e. The van der Waals surface area contributed by atoms with Crippen LogP contribution in [0.2, 0.25) is 0 Å². The minimum Gasteiger partial charge on any atom is -0.368 e. The van der Waals surface area contributed by atoms with Gasteiger partial charge in [0.1, 0.15) is 0 Å². The molecule has 24 heavy (non-hydrogen) atoms. The standard InChI is InChI=1S/C17H22N6O/c1-14(12-15-13-19-6-7-20-15)21-17(24)23-10-8-22(9-11-23)16-2-4-18-5-3-16/h2-7,13-14H,8-12H2,1H3,(H,21,24)/t14-/m1/s1. The van der Waals surface area contributed by atoms with Gasteiger partial charge in [0.2, 0.25) is 0 Å². The molecule has 0 aliphatic carbocycles. The van der Waals surface area contributed by atoms with Crippen molar-refractivity contribution in [2.45, 2.75) is 19.4 Å². The summed E-state index contributed by atoms with van der Waals surface area (Å²) in [5.41, 5.74) is 2.04. The molecule has 0 spiro atoms. The van der Waals surface area contributed by atoms with Crippen LogP contribution in [0.25, 0.3) is 0 Å². The highest BCUT2D eigenvalue weighted by Crippen LogP contribution is 2.14. The molecule has 1 aliphatic heterocycles. The third-order valence-electron chi connectivity index (χ3n) is 4.10. The second kappa shape index (κ2) is 7.72. The number of carbonyl (C=O) groups excluding carboxylic acids is 1. The molecule has 2 amide bonds. The van der Waals surface area contributed by atoms with E-state index in [4.69, 9.17) is 0 Å². The topological polar surface area (TPSA) is 74.2 Å². The molecular formula is C17H22N6O. The van der Waals surface area contributed by atoms with E-state index in [2.05, 4.69) is 25.2 Å². The number of amides is 2. The van der Waals surface area contributed by atoms with Gasteiger partial charge in [-0.15, -0.1) is 0 Å². The number of carbonyl (C=O) groups is 1. The van der Waals surface area contributed by atoms with Crippen LogP contribution in [0.3, 0.4) is 0 Å². The van der Waals surface area contributed by atoms with E-state index in [1.165, 1.54) is 0 Å². The van der Waals surface area contributed by atoms with Crippen molar-refractivity contribution in [1.82, 2.24) is 25.2 Å². The fraction of sp³-hybridized carbons (Fsp3) is 0.412. The fourth-order valence-electron chi connectivity index (χ4n) is 2.82. The van der Waals surface area contributed by atoms with Crippen LogP contribution in [-0.2, 0) is 6.42 Å². The summed E-state index contributed by atoms with van der Waals surface area (Å²) in [6, 6.07) is 4.01. The lowest BCUT2D eigenvalue weighted by Gasteiger charge is -2.36. The SMILES string of the molecule is C[C@H](Cc1cnccn1)NC(=O)N1CCN(c2ccncc2)CC1. The summed E-state index contributed by atoms with van der Waals surface area (Å²) in [6.45, 7) is 5.07. The second-order valence-corrected chi connectivity index (χ2v) is 5.93. The molecule has 1 fully saturated rings. The number of pyridine rings is 1. The number of hydrogen-bond acceptors (Lipinski definition) is 5. The van der Waals surface area contributed by atoms with Gasteiger partial charge in [0, 0.05) is 75.3 Å². The molecule has 3 rings (SSSR count). The van der Waals surface area contributed by atoms with Gasteiger partial charge in [-0.3, -0.25) is 15.0 Å². The first-order valence-electron chi connectivity index (χ1n) is 8.17. The maximum atomic E-state index is 12.4. The van der Waals surface area contributed by atoms with Gasteiger partial charge in [-0.2, -0.15) is 0 Å². The Hall–Kier alpha value is -2.70. The van der Waals surface area contributed by atoms with Gasteiger partial charge in [-0.25, -0.2) is 4.79 Å². The Morgan fingerprint density at radius 3 is 2.54 bits per heavy atom. The summed E-state index contributed by atoms with van der Waals surface area (Å²) >= 11 is 0. The highest BCUT2D eigenvalue weighted by molar-refractivity contribution is 5.75. The average molecular weight is 326 g/mol. The van der Waals surface area contributed by atoms with Gasteiger partial charge >= 0.3 is 6.03 Å². The van der Waals surface area contributed by atoms with Gasteiger partial charge < -0.3 is 15.1 Å². The number of piperazine rings is 1. The molecule has 0 bridgehead atoms. The van der Waals surface area contributed by atoms with E-state index in [1.807, 2.05) is 24.0 Å². The summed E-state index contributed by atoms with van der Waals surface area (Å²) in [6.07, 6.45) is 9.31. The van der Waals surface area contributed by atoms with Crippen LogP contribution < -0.4 is 10.2 Å². The van der Waals surface area contributed by atoms with Crippen molar-refractivity contribution < 1.29 is 4.79 Å². The molecule has 0 aromatic carbocycles. The fourth-order valence-corrected chi connectivity index (χ4v) is 2.82. The average Bonchev–Trinajstić information content (AvgIpc) is 2.63. The summed E-state index contributed by atoms with van der Waals surface area (Å²) in [5, 5.41) is 3.04. The molecule has 7 nitrogen and oxygen atoms in total. The lowest BCUT2D eigenvalue weighted by molar-refractivity contribution is 0.191. The van der Waals surface area contributed by atoms with Crippen LogP contribution in [0.1, 0.15) is 12.6 Å². The number of urea groups is 1.